The number of pyridine rings is 1. The summed E-state index contributed by atoms with van der Waals surface area (Å²) < 4.78 is 0. The molecular weight excluding hydrogens is 330 g/mol. The Labute approximate surface area is 152 Å². The Bertz CT molecular complexity index is 800. The number of nitrogens with zero attached hydrogens (tertiary/aromatic N) is 5. The summed E-state index contributed by atoms with van der Waals surface area (Å²) in [5, 5.41) is 8.83. The van der Waals surface area contributed by atoms with Gasteiger partial charge in [0, 0.05) is 36.6 Å². The van der Waals surface area contributed by atoms with Gasteiger partial charge in [0.25, 0.3) is 0 Å². The second kappa shape index (κ2) is 7.78. The predicted octanol–water partition coefficient (Wildman–Crippen LogP) is 1.72. The molecule has 134 valence electrons. The molecule has 26 heavy (non-hydrogen) atoms. The van der Waals surface area contributed by atoms with E-state index in [2.05, 4.69) is 36.8 Å². The minimum absolute atomic E-state index is 0.0554. The number of amides is 1. The third-order valence-corrected chi connectivity index (χ3v) is 4.35. The van der Waals surface area contributed by atoms with E-state index in [1.54, 1.807) is 12.3 Å². The van der Waals surface area contributed by atoms with Crippen molar-refractivity contribution in [3.63, 3.8) is 0 Å². The summed E-state index contributed by atoms with van der Waals surface area (Å²) in [5.41, 5.74) is 7.74. The fraction of sp³-hybridized carbons (Fsp3) is 0.389. The largest absolute Gasteiger partial charge is 0.357 e. The zero-order valence-corrected chi connectivity index (χ0v) is 14.9. The second-order valence-corrected chi connectivity index (χ2v) is 6.37. The highest BCUT2D eigenvalue weighted by molar-refractivity contribution is 5.79. The lowest BCUT2D eigenvalue weighted by Crippen LogP contribution is -2.42. The maximum absolute atomic E-state index is 12.4. The van der Waals surface area contributed by atoms with Crippen LogP contribution in [0.3, 0.4) is 0 Å². The summed E-state index contributed by atoms with van der Waals surface area (Å²) in [5.74, 6) is 1.11. The molecule has 0 spiro atoms. The number of rotatable bonds is 4. The molecule has 0 saturated carbocycles. The van der Waals surface area contributed by atoms with E-state index in [0.717, 1.165) is 43.1 Å². The quantitative estimate of drug-likeness (QED) is 0.808. The smallest absolute Gasteiger partial charge is 0.242 e. The Kier molecular flexibility index (Phi) is 5.27. The molecule has 1 fully saturated rings. The van der Waals surface area contributed by atoms with Crippen molar-refractivity contribution in [3.8, 4) is 6.07 Å². The number of carbonyl (C=O) groups excluding carboxylic acids is 1. The average molecular weight is 351 g/mol. The van der Waals surface area contributed by atoms with E-state index in [9.17, 15) is 4.79 Å². The zero-order chi connectivity index (χ0) is 18.5. The monoisotopic (exact) mass is 351 g/mol. The molecule has 0 unspecified atom stereocenters. The first kappa shape index (κ1) is 17.6. The van der Waals surface area contributed by atoms with Crippen LogP contribution in [0.2, 0.25) is 0 Å². The van der Waals surface area contributed by atoms with Crippen LogP contribution in [0, 0.1) is 31.1 Å². The first-order valence-electron chi connectivity index (χ1n) is 8.54. The molecule has 1 amide bonds. The first-order chi connectivity index (χ1) is 12.5. The van der Waals surface area contributed by atoms with Gasteiger partial charge in [-0.1, -0.05) is 0 Å². The fourth-order valence-corrected chi connectivity index (χ4v) is 3.01. The molecule has 1 aliphatic heterocycles. The molecule has 0 radical (unpaired) electrons. The Balaban J connectivity index is 1.50. The van der Waals surface area contributed by atoms with Crippen LogP contribution in [0.15, 0.2) is 24.4 Å². The van der Waals surface area contributed by atoms with Crippen LogP contribution in [-0.4, -0.2) is 33.9 Å². The van der Waals surface area contributed by atoms with Crippen molar-refractivity contribution < 1.29 is 4.79 Å². The molecule has 1 saturated heterocycles. The molecule has 0 bridgehead atoms. The van der Waals surface area contributed by atoms with Crippen molar-refractivity contribution >= 4 is 17.7 Å². The molecule has 0 aromatic carbocycles. The van der Waals surface area contributed by atoms with Crippen LogP contribution in [0.25, 0.3) is 0 Å². The van der Waals surface area contributed by atoms with Gasteiger partial charge in [0.15, 0.2) is 0 Å². The molecule has 0 atom stereocenters. The maximum Gasteiger partial charge on any atom is 0.242 e. The molecule has 2 aromatic heterocycles. The van der Waals surface area contributed by atoms with Crippen LogP contribution in [0.1, 0.15) is 29.8 Å². The normalized spacial score (nSPS) is 14.6. The fourth-order valence-electron chi connectivity index (χ4n) is 3.01. The minimum atomic E-state index is -0.0666. The lowest BCUT2D eigenvalue weighted by Gasteiger charge is -2.32. The third-order valence-electron chi connectivity index (χ3n) is 4.35. The Morgan fingerprint density at radius 2 is 1.92 bits per heavy atom. The van der Waals surface area contributed by atoms with E-state index in [4.69, 9.17) is 5.26 Å². The average Bonchev–Trinajstić information content (AvgIpc) is 2.65. The van der Waals surface area contributed by atoms with Crippen LogP contribution >= 0.6 is 0 Å². The van der Waals surface area contributed by atoms with Gasteiger partial charge in [-0.25, -0.2) is 15.0 Å². The number of piperidine rings is 1. The molecule has 8 heteroatoms. The molecule has 3 heterocycles. The molecule has 8 nitrogen and oxygen atoms in total. The summed E-state index contributed by atoms with van der Waals surface area (Å²) in [6.45, 7) is 5.26. The van der Waals surface area contributed by atoms with E-state index in [0.29, 0.717) is 11.5 Å². The van der Waals surface area contributed by atoms with Crippen molar-refractivity contribution in [1.82, 2.24) is 20.4 Å². The van der Waals surface area contributed by atoms with E-state index in [-0.39, 0.29) is 11.8 Å². The van der Waals surface area contributed by atoms with Crippen molar-refractivity contribution in [2.24, 2.45) is 5.92 Å². The van der Waals surface area contributed by atoms with Gasteiger partial charge in [0.05, 0.1) is 5.56 Å². The van der Waals surface area contributed by atoms with Gasteiger partial charge in [-0.05, 0) is 44.9 Å². The molecule has 3 rings (SSSR count). The lowest BCUT2D eigenvalue weighted by atomic mass is 9.96. The first-order valence-corrected chi connectivity index (χ1v) is 8.54. The Morgan fingerprint density at radius 1 is 1.23 bits per heavy atom. The molecule has 1 aliphatic rings. The third kappa shape index (κ3) is 4.25. The molecule has 2 N–H and O–H groups in total. The van der Waals surface area contributed by atoms with Gasteiger partial charge < -0.3 is 4.90 Å². The number of nitrogens with one attached hydrogen (secondary N) is 2. The standard InChI is InChI=1S/C18H21N7O/c1-12-9-13(2)22-18(21-12)24-23-17(26)15-5-7-25(8-6-15)16-4-3-14(10-19)11-20-16/h3-4,9,11,15H,5-8H2,1-2H3,(H,23,26)(H,21,22,24). The highest BCUT2D eigenvalue weighted by atomic mass is 16.2. The van der Waals surface area contributed by atoms with Crippen molar-refractivity contribution in [1.29, 1.82) is 5.26 Å². The second-order valence-electron chi connectivity index (χ2n) is 6.37. The Morgan fingerprint density at radius 3 is 2.50 bits per heavy atom. The van der Waals surface area contributed by atoms with Crippen LogP contribution in [0.5, 0.6) is 0 Å². The number of hydrazine groups is 1. The van der Waals surface area contributed by atoms with Crippen LogP contribution < -0.4 is 15.8 Å². The SMILES string of the molecule is Cc1cc(C)nc(NNC(=O)C2CCN(c3ccc(C#N)cn3)CC2)n1. The number of anilines is 2. The van der Waals surface area contributed by atoms with Crippen LogP contribution in [-0.2, 0) is 4.79 Å². The summed E-state index contributed by atoms with van der Waals surface area (Å²) in [7, 11) is 0. The van der Waals surface area contributed by atoms with E-state index < -0.39 is 0 Å². The summed E-state index contributed by atoms with van der Waals surface area (Å²) in [6.07, 6.45) is 3.05. The number of carbonyl (C=O) groups is 1. The van der Waals surface area contributed by atoms with Gasteiger partial charge in [0.2, 0.25) is 11.9 Å². The van der Waals surface area contributed by atoms with Crippen molar-refractivity contribution in [3.05, 3.63) is 41.3 Å². The predicted molar refractivity (Wildman–Crippen MR) is 97.2 cm³/mol. The topological polar surface area (TPSA) is 107 Å². The van der Waals surface area contributed by atoms with Gasteiger partial charge in [-0.2, -0.15) is 5.26 Å². The molecule has 0 aliphatic carbocycles. The van der Waals surface area contributed by atoms with Gasteiger partial charge in [-0.3, -0.25) is 15.6 Å². The van der Waals surface area contributed by atoms with E-state index in [1.807, 2.05) is 26.0 Å². The van der Waals surface area contributed by atoms with Crippen LogP contribution in [0.4, 0.5) is 11.8 Å². The van der Waals surface area contributed by atoms with Crippen molar-refractivity contribution in [2.45, 2.75) is 26.7 Å². The number of hydrogen-bond acceptors (Lipinski definition) is 7. The van der Waals surface area contributed by atoms with Crippen molar-refractivity contribution in [2.75, 3.05) is 23.4 Å². The number of nitriles is 1. The molecule has 2 aromatic rings. The Hall–Kier alpha value is -3.21. The molecular formula is C18H21N7O. The van der Waals surface area contributed by atoms with Gasteiger partial charge >= 0.3 is 0 Å². The number of aromatic nitrogens is 3. The van der Waals surface area contributed by atoms with E-state index >= 15 is 0 Å². The van der Waals surface area contributed by atoms with Gasteiger partial charge in [0.1, 0.15) is 11.9 Å². The lowest BCUT2D eigenvalue weighted by molar-refractivity contribution is -0.125. The van der Waals surface area contributed by atoms with Gasteiger partial charge in [-0.15, -0.1) is 0 Å². The number of hydrogen-bond donors (Lipinski definition) is 2. The summed E-state index contributed by atoms with van der Waals surface area (Å²) in [4.78, 5) is 27.3. The zero-order valence-electron chi connectivity index (χ0n) is 14.9. The number of aryl methyl sites for hydroxylation is 2. The van der Waals surface area contributed by atoms with E-state index in [1.165, 1.54) is 0 Å². The highest BCUT2D eigenvalue weighted by Gasteiger charge is 2.25. The summed E-state index contributed by atoms with van der Waals surface area (Å²) >= 11 is 0. The minimum Gasteiger partial charge on any atom is -0.357 e. The summed E-state index contributed by atoms with van der Waals surface area (Å²) in [6, 6.07) is 7.54. The highest BCUT2D eigenvalue weighted by Crippen LogP contribution is 2.22. The maximum atomic E-state index is 12.4.